The summed E-state index contributed by atoms with van der Waals surface area (Å²) in [5.74, 6) is -0.618. The number of rotatable bonds is 7. The number of aryl methyl sites for hydroxylation is 1. The fraction of sp³-hybridized carbons (Fsp3) is 0.308. The smallest absolute Gasteiger partial charge is 0.246 e. The minimum Gasteiger partial charge on any atom is -0.404 e. The number of Topliss-reactive ketones (excluding diaryl/α,β-unsaturated/α-hetero) is 1. The third kappa shape index (κ3) is 4.74. The molecule has 0 bridgehead atoms. The summed E-state index contributed by atoms with van der Waals surface area (Å²) in [7, 11) is -3.90. The first-order valence-electron chi connectivity index (χ1n) is 12.2. The maximum Gasteiger partial charge on any atom is 0.246 e. The molecule has 1 fully saturated rings. The van der Waals surface area contributed by atoms with Crippen molar-refractivity contribution in [1.29, 1.82) is 0 Å². The first kappa shape index (κ1) is 26.1. The number of halogens is 1. The summed E-state index contributed by atoms with van der Waals surface area (Å²) >= 11 is 1.22. The zero-order valence-electron chi connectivity index (χ0n) is 20.7. The van der Waals surface area contributed by atoms with Gasteiger partial charge in [0.25, 0.3) is 0 Å². The minimum atomic E-state index is -3.90. The van der Waals surface area contributed by atoms with Gasteiger partial charge in [0.2, 0.25) is 15.8 Å². The third-order valence-electron chi connectivity index (χ3n) is 6.86. The SMILES string of the molecule is CCCn1cc(S(=O)(=O)N2CCC3=CC(=Nc4ccc(F)cc4)C(=CN)C[C@]3(C(=O)c3nccs3)C2)cn1. The Bertz CT molecular complexity index is 1540. The number of nitrogens with two attached hydrogens (primary N) is 1. The van der Waals surface area contributed by atoms with Crippen molar-refractivity contribution in [3.8, 4) is 0 Å². The van der Waals surface area contributed by atoms with Gasteiger partial charge in [0.15, 0.2) is 5.01 Å². The predicted molar refractivity (Wildman–Crippen MR) is 143 cm³/mol. The number of allylic oxidation sites excluding steroid dienone is 2. The molecule has 198 valence electrons. The molecule has 12 heteroatoms. The number of ketones is 1. The van der Waals surface area contributed by atoms with Gasteiger partial charge in [0, 0.05) is 37.4 Å². The topological polar surface area (TPSA) is 124 Å². The molecule has 3 aromatic rings. The van der Waals surface area contributed by atoms with Gasteiger partial charge in [-0.3, -0.25) is 9.48 Å². The standard InChI is InChI=1S/C26H27FN6O3S2/c1-2-9-32-16-22(15-30-32)38(35,36)33-10-7-19-12-23(31-21-5-3-20(27)4-6-21)18(14-28)13-26(19,17-33)24(34)25-29-8-11-37-25/h3-6,8,11-12,14-16H,2,7,9-10,13,17,28H2,1H3/t26-/m0/s1. The molecule has 1 aliphatic carbocycles. The van der Waals surface area contributed by atoms with E-state index in [0.717, 1.165) is 12.0 Å². The summed E-state index contributed by atoms with van der Waals surface area (Å²) in [6.07, 6.45) is 8.97. The molecule has 2 aromatic heterocycles. The summed E-state index contributed by atoms with van der Waals surface area (Å²) in [5, 5.41) is 6.21. The van der Waals surface area contributed by atoms with Crippen LogP contribution in [-0.4, -0.2) is 52.1 Å². The predicted octanol–water partition coefficient (Wildman–Crippen LogP) is 4.10. The van der Waals surface area contributed by atoms with Crippen molar-refractivity contribution in [2.45, 2.75) is 37.6 Å². The average molecular weight is 555 g/mol. The van der Waals surface area contributed by atoms with Crippen LogP contribution in [0.15, 0.2) is 81.5 Å². The number of aromatic nitrogens is 3. The molecule has 2 N–H and O–H groups in total. The molecule has 1 atom stereocenters. The molecule has 1 aromatic carbocycles. The van der Waals surface area contributed by atoms with Crippen LogP contribution in [0.5, 0.6) is 0 Å². The van der Waals surface area contributed by atoms with E-state index in [2.05, 4.69) is 15.1 Å². The number of carbonyl (C=O) groups is 1. The molecule has 3 heterocycles. The number of nitrogens with zero attached hydrogens (tertiary/aromatic N) is 5. The zero-order valence-corrected chi connectivity index (χ0v) is 22.4. The Morgan fingerprint density at radius 3 is 2.79 bits per heavy atom. The van der Waals surface area contributed by atoms with Crippen molar-refractivity contribution >= 4 is 38.5 Å². The van der Waals surface area contributed by atoms with Crippen LogP contribution in [0.25, 0.3) is 0 Å². The number of fused-ring (bicyclic) bond motifs is 1. The molecular weight excluding hydrogens is 527 g/mol. The van der Waals surface area contributed by atoms with Gasteiger partial charge in [-0.2, -0.15) is 9.40 Å². The molecule has 1 saturated heterocycles. The Morgan fingerprint density at radius 1 is 1.32 bits per heavy atom. The van der Waals surface area contributed by atoms with Crippen molar-refractivity contribution in [2.24, 2.45) is 16.1 Å². The van der Waals surface area contributed by atoms with E-state index in [9.17, 15) is 17.6 Å². The Hall–Kier alpha value is -3.48. The molecular formula is C26H27FN6O3S2. The highest BCUT2D eigenvalue weighted by Crippen LogP contribution is 2.48. The highest BCUT2D eigenvalue weighted by Gasteiger charge is 2.52. The van der Waals surface area contributed by atoms with Crippen LogP contribution in [0.1, 0.15) is 36.0 Å². The molecule has 1 aliphatic heterocycles. The fourth-order valence-corrected chi connectivity index (χ4v) is 7.07. The highest BCUT2D eigenvalue weighted by atomic mass is 32.2. The van der Waals surface area contributed by atoms with Gasteiger partial charge in [0.05, 0.1) is 23.0 Å². The average Bonchev–Trinajstić information content (AvgIpc) is 3.62. The molecule has 0 amide bonds. The van der Waals surface area contributed by atoms with Crippen molar-refractivity contribution < 1.29 is 17.6 Å². The molecule has 0 unspecified atom stereocenters. The van der Waals surface area contributed by atoms with Gasteiger partial charge in [-0.15, -0.1) is 11.3 Å². The van der Waals surface area contributed by atoms with Crippen molar-refractivity contribution in [1.82, 2.24) is 19.1 Å². The summed E-state index contributed by atoms with van der Waals surface area (Å²) in [6, 6.07) is 5.77. The monoisotopic (exact) mass is 554 g/mol. The Balaban J connectivity index is 1.57. The van der Waals surface area contributed by atoms with Crippen LogP contribution in [0.4, 0.5) is 10.1 Å². The molecule has 0 spiro atoms. The minimum absolute atomic E-state index is 0.0558. The number of piperidine rings is 1. The summed E-state index contributed by atoms with van der Waals surface area (Å²) < 4.78 is 43.7. The highest BCUT2D eigenvalue weighted by molar-refractivity contribution is 7.89. The summed E-state index contributed by atoms with van der Waals surface area (Å²) in [6.45, 7) is 2.74. The van der Waals surface area contributed by atoms with E-state index < -0.39 is 15.4 Å². The van der Waals surface area contributed by atoms with Crippen LogP contribution in [0.2, 0.25) is 0 Å². The number of hydrogen-bond acceptors (Lipinski definition) is 8. The van der Waals surface area contributed by atoms with Gasteiger partial charge in [-0.05, 0) is 61.4 Å². The fourth-order valence-electron chi connectivity index (χ4n) is 4.94. The second-order valence-corrected chi connectivity index (χ2v) is 12.1. The maximum absolute atomic E-state index is 14.0. The second-order valence-electron chi connectivity index (χ2n) is 9.29. The number of carbonyl (C=O) groups excluding carboxylic acids is 1. The largest absolute Gasteiger partial charge is 0.404 e. The number of hydrogen-bond donors (Lipinski definition) is 1. The molecule has 2 aliphatic rings. The zero-order chi connectivity index (χ0) is 26.9. The number of thiazole rings is 1. The van der Waals surface area contributed by atoms with Gasteiger partial charge >= 0.3 is 0 Å². The van der Waals surface area contributed by atoms with Crippen LogP contribution in [0, 0.1) is 11.2 Å². The van der Waals surface area contributed by atoms with Crippen LogP contribution in [-0.2, 0) is 16.6 Å². The van der Waals surface area contributed by atoms with E-state index in [-0.39, 0.29) is 36.0 Å². The van der Waals surface area contributed by atoms with E-state index in [1.54, 1.807) is 28.4 Å². The maximum atomic E-state index is 14.0. The summed E-state index contributed by atoms with van der Waals surface area (Å²) in [4.78, 5) is 23.0. The molecule has 0 saturated carbocycles. The van der Waals surface area contributed by atoms with Crippen LogP contribution >= 0.6 is 11.3 Å². The lowest BCUT2D eigenvalue weighted by Crippen LogP contribution is -2.53. The Kier molecular flexibility index (Phi) is 7.12. The number of aliphatic imine (C=N–C) groups is 1. The van der Waals surface area contributed by atoms with E-state index in [1.165, 1.54) is 46.4 Å². The van der Waals surface area contributed by atoms with Gasteiger partial charge < -0.3 is 5.73 Å². The first-order valence-corrected chi connectivity index (χ1v) is 14.5. The van der Waals surface area contributed by atoms with E-state index >= 15 is 0 Å². The second kappa shape index (κ2) is 10.4. The first-order chi connectivity index (χ1) is 18.3. The quantitative estimate of drug-likeness (QED) is 0.439. The van der Waals surface area contributed by atoms with Gasteiger partial charge in [0.1, 0.15) is 10.7 Å². The van der Waals surface area contributed by atoms with Crippen LogP contribution in [0.3, 0.4) is 0 Å². The normalized spacial score (nSPS) is 22.4. The van der Waals surface area contributed by atoms with Gasteiger partial charge in [-0.1, -0.05) is 12.5 Å². The number of sulfonamides is 1. The Morgan fingerprint density at radius 2 is 2.11 bits per heavy atom. The lowest BCUT2D eigenvalue weighted by molar-refractivity contribution is 0.0776. The lowest BCUT2D eigenvalue weighted by Gasteiger charge is -2.45. The summed E-state index contributed by atoms with van der Waals surface area (Å²) in [5.41, 5.74) is 7.31. The van der Waals surface area contributed by atoms with E-state index in [4.69, 9.17) is 5.73 Å². The molecule has 0 radical (unpaired) electrons. The van der Waals surface area contributed by atoms with Crippen molar-refractivity contribution in [3.63, 3.8) is 0 Å². The van der Waals surface area contributed by atoms with Crippen molar-refractivity contribution in [2.75, 3.05) is 13.1 Å². The van der Waals surface area contributed by atoms with Crippen LogP contribution < -0.4 is 5.73 Å². The van der Waals surface area contributed by atoms with E-state index in [0.29, 0.717) is 34.9 Å². The molecule has 38 heavy (non-hydrogen) atoms. The van der Waals surface area contributed by atoms with Gasteiger partial charge in [-0.25, -0.2) is 22.8 Å². The molecule has 5 rings (SSSR count). The van der Waals surface area contributed by atoms with E-state index in [1.807, 2.05) is 13.0 Å². The van der Waals surface area contributed by atoms with Crippen molar-refractivity contribution in [3.05, 3.63) is 82.5 Å². The Labute approximate surface area is 224 Å². The molecule has 9 nitrogen and oxygen atoms in total. The lowest BCUT2D eigenvalue weighted by atomic mass is 9.65. The third-order valence-corrected chi connectivity index (χ3v) is 9.43. The number of benzene rings is 1.